The summed E-state index contributed by atoms with van der Waals surface area (Å²) in [6.45, 7) is 9.77. The van der Waals surface area contributed by atoms with Crippen LogP contribution >= 0.6 is 0 Å². The van der Waals surface area contributed by atoms with Crippen LogP contribution < -0.4 is 0 Å². The first kappa shape index (κ1) is 12.3. The van der Waals surface area contributed by atoms with Crippen LogP contribution in [0.4, 0.5) is 0 Å². The summed E-state index contributed by atoms with van der Waals surface area (Å²) >= 11 is 0. The molecule has 0 spiro atoms. The molecule has 2 fully saturated rings. The van der Waals surface area contributed by atoms with Gasteiger partial charge in [0.15, 0.2) is 0 Å². The van der Waals surface area contributed by atoms with Gasteiger partial charge in [-0.2, -0.15) is 0 Å². The van der Waals surface area contributed by atoms with E-state index in [9.17, 15) is 0 Å². The van der Waals surface area contributed by atoms with Crippen molar-refractivity contribution in [2.24, 2.45) is 0 Å². The maximum absolute atomic E-state index is 2.70. The second-order valence-corrected chi connectivity index (χ2v) is 5.90. The quantitative estimate of drug-likeness (QED) is 0.712. The molecule has 3 nitrogen and oxygen atoms in total. The maximum Gasteiger partial charge on any atom is 0.0350 e. The Balaban J connectivity index is 1.74. The second-order valence-electron chi connectivity index (χ2n) is 5.90. The molecular formula is C13H27N3. The van der Waals surface area contributed by atoms with E-state index in [4.69, 9.17) is 0 Å². The molecule has 94 valence electrons. The van der Waals surface area contributed by atoms with Crippen molar-refractivity contribution in [2.45, 2.75) is 44.8 Å². The lowest BCUT2D eigenvalue weighted by Gasteiger charge is -2.47. The standard InChI is InChI=1S/C13H27N3/c1-11(2)15(4)12-5-7-16(8-6-12)13-9-14(3)10-13/h11-13H,5-10H2,1-4H3. The lowest BCUT2D eigenvalue weighted by molar-refractivity contribution is 0.0168. The van der Waals surface area contributed by atoms with E-state index in [0.29, 0.717) is 6.04 Å². The summed E-state index contributed by atoms with van der Waals surface area (Å²) in [5.41, 5.74) is 0. The molecule has 2 rings (SSSR count). The molecule has 0 unspecified atom stereocenters. The first-order valence-electron chi connectivity index (χ1n) is 6.72. The normalized spacial score (nSPS) is 26.6. The molecule has 0 saturated carbocycles. The SMILES string of the molecule is CC(C)N(C)C1CCN(C2CN(C)C2)CC1. The molecule has 0 N–H and O–H groups in total. The van der Waals surface area contributed by atoms with Crippen molar-refractivity contribution in [2.75, 3.05) is 40.3 Å². The molecule has 0 radical (unpaired) electrons. The highest BCUT2D eigenvalue weighted by Crippen LogP contribution is 2.22. The van der Waals surface area contributed by atoms with Crippen LogP contribution in [0.3, 0.4) is 0 Å². The Bertz CT molecular complexity index is 215. The third-order valence-electron chi connectivity index (χ3n) is 4.45. The fourth-order valence-electron chi connectivity index (χ4n) is 2.98. The lowest BCUT2D eigenvalue weighted by Crippen LogP contribution is -2.60. The van der Waals surface area contributed by atoms with Crippen LogP contribution in [0.1, 0.15) is 26.7 Å². The Morgan fingerprint density at radius 2 is 1.69 bits per heavy atom. The first-order valence-corrected chi connectivity index (χ1v) is 6.72. The summed E-state index contributed by atoms with van der Waals surface area (Å²) in [6.07, 6.45) is 2.71. The molecular weight excluding hydrogens is 198 g/mol. The Labute approximate surface area is 100 Å². The summed E-state index contributed by atoms with van der Waals surface area (Å²) in [5.74, 6) is 0. The van der Waals surface area contributed by atoms with Gasteiger partial charge >= 0.3 is 0 Å². The molecule has 2 aliphatic rings. The average Bonchev–Trinajstić information content (AvgIpc) is 2.24. The molecule has 0 amide bonds. The Kier molecular flexibility index (Phi) is 3.88. The Hall–Kier alpha value is -0.120. The van der Waals surface area contributed by atoms with Gasteiger partial charge in [-0.05, 0) is 40.8 Å². The molecule has 2 heterocycles. The molecule has 0 atom stereocenters. The smallest absolute Gasteiger partial charge is 0.0350 e. The van der Waals surface area contributed by atoms with Gasteiger partial charge < -0.3 is 9.80 Å². The lowest BCUT2D eigenvalue weighted by atomic mass is 9.98. The largest absolute Gasteiger partial charge is 0.303 e. The Morgan fingerprint density at radius 3 is 2.12 bits per heavy atom. The predicted octanol–water partition coefficient (Wildman–Crippen LogP) is 1.10. The summed E-state index contributed by atoms with van der Waals surface area (Å²) < 4.78 is 0. The average molecular weight is 225 g/mol. The van der Waals surface area contributed by atoms with Crippen LogP contribution in [0.25, 0.3) is 0 Å². The fraction of sp³-hybridized carbons (Fsp3) is 1.00. The van der Waals surface area contributed by atoms with Gasteiger partial charge in [0.25, 0.3) is 0 Å². The minimum Gasteiger partial charge on any atom is -0.303 e. The van der Waals surface area contributed by atoms with Gasteiger partial charge in [-0.15, -0.1) is 0 Å². The summed E-state index contributed by atoms with van der Waals surface area (Å²) in [4.78, 5) is 7.66. The van der Waals surface area contributed by atoms with Crippen LogP contribution in [0.2, 0.25) is 0 Å². The van der Waals surface area contributed by atoms with Crippen LogP contribution in [0.5, 0.6) is 0 Å². The zero-order valence-corrected chi connectivity index (χ0v) is 11.3. The highest BCUT2D eigenvalue weighted by Gasteiger charge is 2.32. The number of piperidine rings is 1. The number of likely N-dealkylation sites (tertiary alicyclic amines) is 2. The van der Waals surface area contributed by atoms with E-state index in [2.05, 4.69) is 42.6 Å². The number of likely N-dealkylation sites (N-methyl/N-ethyl adjacent to an activating group) is 1. The predicted molar refractivity (Wildman–Crippen MR) is 68.8 cm³/mol. The molecule has 0 aromatic carbocycles. The van der Waals surface area contributed by atoms with E-state index in [1.165, 1.54) is 39.0 Å². The van der Waals surface area contributed by atoms with E-state index < -0.39 is 0 Å². The molecule has 2 aliphatic heterocycles. The van der Waals surface area contributed by atoms with E-state index in [0.717, 1.165) is 12.1 Å². The van der Waals surface area contributed by atoms with Gasteiger partial charge in [-0.1, -0.05) is 0 Å². The first-order chi connectivity index (χ1) is 7.58. The molecule has 0 bridgehead atoms. The highest BCUT2D eigenvalue weighted by atomic mass is 15.3. The molecule has 0 aromatic heterocycles. The number of rotatable bonds is 3. The van der Waals surface area contributed by atoms with E-state index in [1.807, 2.05) is 0 Å². The minimum atomic E-state index is 0.686. The van der Waals surface area contributed by atoms with Gasteiger partial charge in [0.2, 0.25) is 0 Å². The van der Waals surface area contributed by atoms with E-state index in [1.54, 1.807) is 0 Å². The fourth-order valence-corrected chi connectivity index (χ4v) is 2.98. The maximum atomic E-state index is 2.70. The summed E-state index contributed by atoms with van der Waals surface area (Å²) in [5, 5.41) is 0. The van der Waals surface area contributed by atoms with Crippen molar-refractivity contribution in [3.63, 3.8) is 0 Å². The molecule has 3 heteroatoms. The van der Waals surface area contributed by atoms with Crippen LogP contribution in [-0.4, -0.2) is 73.1 Å². The summed E-state index contributed by atoms with van der Waals surface area (Å²) in [6, 6.07) is 2.36. The van der Waals surface area contributed by atoms with Crippen LogP contribution in [0, 0.1) is 0 Å². The number of hydrogen-bond acceptors (Lipinski definition) is 3. The molecule has 16 heavy (non-hydrogen) atoms. The topological polar surface area (TPSA) is 9.72 Å². The number of hydrogen-bond donors (Lipinski definition) is 0. The highest BCUT2D eigenvalue weighted by molar-refractivity contribution is 4.90. The van der Waals surface area contributed by atoms with Crippen LogP contribution in [-0.2, 0) is 0 Å². The third kappa shape index (κ3) is 2.58. The Morgan fingerprint density at radius 1 is 1.12 bits per heavy atom. The van der Waals surface area contributed by atoms with Crippen molar-refractivity contribution in [1.82, 2.24) is 14.7 Å². The van der Waals surface area contributed by atoms with Crippen molar-refractivity contribution < 1.29 is 0 Å². The zero-order chi connectivity index (χ0) is 11.7. The van der Waals surface area contributed by atoms with Gasteiger partial charge in [0.1, 0.15) is 0 Å². The molecule has 0 aliphatic carbocycles. The van der Waals surface area contributed by atoms with Crippen molar-refractivity contribution in [3.05, 3.63) is 0 Å². The van der Waals surface area contributed by atoms with Gasteiger partial charge in [0.05, 0.1) is 0 Å². The van der Waals surface area contributed by atoms with Crippen molar-refractivity contribution in [1.29, 1.82) is 0 Å². The summed E-state index contributed by atoms with van der Waals surface area (Å²) in [7, 11) is 4.50. The second kappa shape index (κ2) is 5.03. The van der Waals surface area contributed by atoms with Crippen molar-refractivity contribution in [3.8, 4) is 0 Å². The molecule has 0 aromatic rings. The number of nitrogens with zero attached hydrogens (tertiary/aromatic N) is 3. The third-order valence-corrected chi connectivity index (χ3v) is 4.45. The minimum absolute atomic E-state index is 0.686. The monoisotopic (exact) mass is 225 g/mol. The zero-order valence-electron chi connectivity index (χ0n) is 11.3. The molecule has 2 saturated heterocycles. The van der Waals surface area contributed by atoms with Crippen molar-refractivity contribution >= 4 is 0 Å². The van der Waals surface area contributed by atoms with Gasteiger partial charge in [0, 0.05) is 44.3 Å². The van der Waals surface area contributed by atoms with E-state index in [-0.39, 0.29) is 0 Å². The van der Waals surface area contributed by atoms with Gasteiger partial charge in [-0.3, -0.25) is 4.90 Å². The van der Waals surface area contributed by atoms with Crippen LogP contribution in [0.15, 0.2) is 0 Å². The van der Waals surface area contributed by atoms with E-state index >= 15 is 0 Å². The van der Waals surface area contributed by atoms with Gasteiger partial charge in [-0.25, -0.2) is 0 Å².